The van der Waals surface area contributed by atoms with Gasteiger partial charge in [-0.25, -0.2) is 8.78 Å². The molecular weight excluding hydrogens is 196 g/mol. The molecule has 1 N–H and O–H groups in total. The van der Waals surface area contributed by atoms with Crippen LogP contribution in [0.2, 0.25) is 5.02 Å². The molecule has 0 aliphatic heterocycles. The van der Waals surface area contributed by atoms with Gasteiger partial charge in [0.25, 0.3) is 0 Å². The van der Waals surface area contributed by atoms with Crippen LogP contribution in [0.15, 0.2) is 12.1 Å². The first-order chi connectivity index (χ1) is 6.07. The van der Waals surface area contributed by atoms with E-state index in [9.17, 15) is 8.78 Å². The van der Waals surface area contributed by atoms with Crippen LogP contribution in [-0.4, -0.2) is 7.05 Å². The van der Waals surface area contributed by atoms with Gasteiger partial charge in [-0.3, -0.25) is 0 Å². The van der Waals surface area contributed by atoms with Crippen LogP contribution >= 0.6 is 11.6 Å². The summed E-state index contributed by atoms with van der Waals surface area (Å²) >= 11 is 5.52. The molecule has 0 amide bonds. The van der Waals surface area contributed by atoms with E-state index < -0.39 is 17.7 Å². The normalized spacial score (nSPS) is 13.0. The quantitative estimate of drug-likeness (QED) is 0.733. The zero-order valence-corrected chi connectivity index (χ0v) is 8.12. The van der Waals surface area contributed by atoms with E-state index >= 15 is 0 Å². The van der Waals surface area contributed by atoms with Gasteiger partial charge >= 0.3 is 0 Å². The van der Waals surface area contributed by atoms with Crippen molar-refractivity contribution >= 4 is 11.6 Å². The topological polar surface area (TPSA) is 12.0 Å². The van der Waals surface area contributed by atoms with E-state index in [4.69, 9.17) is 11.6 Å². The summed E-state index contributed by atoms with van der Waals surface area (Å²) in [5.74, 6) is -1.27. The van der Waals surface area contributed by atoms with Gasteiger partial charge in [-0.05, 0) is 26.1 Å². The van der Waals surface area contributed by atoms with Crippen molar-refractivity contribution in [2.45, 2.75) is 13.0 Å². The molecule has 1 rings (SSSR count). The lowest BCUT2D eigenvalue weighted by atomic mass is 10.1. The summed E-state index contributed by atoms with van der Waals surface area (Å²) in [6.07, 6.45) is 0. The van der Waals surface area contributed by atoms with Crippen molar-refractivity contribution in [1.29, 1.82) is 0 Å². The molecular formula is C9H10ClF2N. The molecule has 0 radical (unpaired) electrons. The highest BCUT2D eigenvalue weighted by Gasteiger charge is 2.16. The molecule has 0 fully saturated rings. The highest BCUT2D eigenvalue weighted by molar-refractivity contribution is 6.30. The van der Waals surface area contributed by atoms with Gasteiger partial charge in [0.15, 0.2) is 0 Å². The highest BCUT2D eigenvalue weighted by atomic mass is 35.5. The maximum atomic E-state index is 13.3. The molecule has 13 heavy (non-hydrogen) atoms. The minimum absolute atomic E-state index is 0.0185. The largest absolute Gasteiger partial charge is 0.313 e. The van der Waals surface area contributed by atoms with Gasteiger partial charge in [0, 0.05) is 11.6 Å². The van der Waals surface area contributed by atoms with Crippen molar-refractivity contribution in [1.82, 2.24) is 5.32 Å². The van der Waals surface area contributed by atoms with E-state index in [-0.39, 0.29) is 10.6 Å². The molecule has 0 spiro atoms. The minimum Gasteiger partial charge on any atom is -0.313 e. The molecule has 0 aromatic heterocycles. The molecule has 1 nitrogen and oxygen atoms in total. The first-order valence-electron chi connectivity index (χ1n) is 3.88. The average Bonchev–Trinajstić information content (AvgIpc) is 2.12. The molecule has 0 heterocycles. The molecule has 0 saturated carbocycles. The second-order valence-electron chi connectivity index (χ2n) is 2.77. The van der Waals surface area contributed by atoms with Crippen LogP contribution in [-0.2, 0) is 0 Å². The number of benzene rings is 1. The summed E-state index contributed by atoms with van der Waals surface area (Å²) < 4.78 is 26.4. The van der Waals surface area contributed by atoms with Crippen molar-refractivity contribution in [3.05, 3.63) is 34.4 Å². The third kappa shape index (κ3) is 1.98. The number of rotatable bonds is 2. The fraction of sp³-hybridized carbons (Fsp3) is 0.333. The molecule has 1 aromatic rings. The SMILES string of the molecule is CN[C@@H](C)c1c(F)ccc(Cl)c1F. The summed E-state index contributed by atoms with van der Waals surface area (Å²) in [6, 6.07) is 1.98. The molecule has 1 atom stereocenters. The van der Waals surface area contributed by atoms with Crippen LogP contribution in [0.5, 0.6) is 0 Å². The van der Waals surface area contributed by atoms with Crippen LogP contribution in [0.25, 0.3) is 0 Å². The molecule has 0 aliphatic carbocycles. The van der Waals surface area contributed by atoms with Crippen molar-refractivity contribution < 1.29 is 8.78 Å². The van der Waals surface area contributed by atoms with Gasteiger partial charge in [-0.15, -0.1) is 0 Å². The maximum absolute atomic E-state index is 13.3. The second kappa shape index (κ2) is 4.03. The van der Waals surface area contributed by atoms with E-state index in [1.807, 2.05) is 0 Å². The number of nitrogens with one attached hydrogen (secondary N) is 1. The number of hydrogen-bond acceptors (Lipinski definition) is 1. The van der Waals surface area contributed by atoms with Gasteiger partial charge in [0.05, 0.1) is 5.02 Å². The summed E-state index contributed by atoms with van der Waals surface area (Å²) in [5, 5.41) is 2.69. The third-order valence-electron chi connectivity index (χ3n) is 1.95. The average molecular weight is 206 g/mol. The Morgan fingerprint density at radius 1 is 1.38 bits per heavy atom. The van der Waals surface area contributed by atoms with E-state index in [2.05, 4.69) is 5.32 Å². The lowest BCUT2D eigenvalue weighted by Gasteiger charge is -2.13. The minimum atomic E-state index is -0.691. The summed E-state index contributed by atoms with van der Waals surface area (Å²) in [7, 11) is 1.63. The van der Waals surface area contributed by atoms with Crippen LogP contribution in [0.1, 0.15) is 18.5 Å². The van der Waals surface area contributed by atoms with Crippen LogP contribution in [0.4, 0.5) is 8.78 Å². The first kappa shape index (κ1) is 10.4. The third-order valence-corrected chi connectivity index (χ3v) is 2.24. The summed E-state index contributed by atoms with van der Waals surface area (Å²) in [5.41, 5.74) is -0.0185. The Morgan fingerprint density at radius 2 is 2.00 bits per heavy atom. The monoisotopic (exact) mass is 205 g/mol. The molecule has 4 heteroatoms. The second-order valence-corrected chi connectivity index (χ2v) is 3.17. The van der Waals surface area contributed by atoms with Crippen LogP contribution in [0.3, 0.4) is 0 Å². The first-order valence-corrected chi connectivity index (χ1v) is 4.26. The van der Waals surface area contributed by atoms with E-state index in [1.54, 1.807) is 14.0 Å². The predicted molar refractivity (Wildman–Crippen MR) is 48.8 cm³/mol. The van der Waals surface area contributed by atoms with Gasteiger partial charge < -0.3 is 5.32 Å². The molecule has 0 aliphatic rings. The Hall–Kier alpha value is -0.670. The molecule has 72 valence electrons. The van der Waals surface area contributed by atoms with E-state index in [0.717, 1.165) is 6.07 Å². The van der Waals surface area contributed by atoms with Crippen molar-refractivity contribution in [3.8, 4) is 0 Å². The molecule has 0 unspecified atom stereocenters. The Bertz CT molecular complexity index is 315. The van der Waals surface area contributed by atoms with Gasteiger partial charge in [0.1, 0.15) is 11.6 Å². The van der Waals surface area contributed by atoms with Crippen LogP contribution in [0, 0.1) is 11.6 Å². The fourth-order valence-electron chi connectivity index (χ4n) is 1.08. The molecule has 0 bridgehead atoms. The van der Waals surface area contributed by atoms with Gasteiger partial charge in [-0.1, -0.05) is 11.6 Å². The fourth-order valence-corrected chi connectivity index (χ4v) is 1.25. The van der Waals surface area contributed by atoms with E-state index in [0.29, 0.717) is 0 Å². The lowest BCUT2D eigenvalue weighted by molar-refractivity contribution is 0.510. The van der Waals surface area contributed by atoms with Crippen molar-refractivity contribution in [2.24, 2.45) is 0 Å². The highest BCUT2D eigenvalue weighted by Crippen LogP contribution is 2.25. The molecule has 1 aromatic carbocycles. The van der Waals surface area contributed by atoms with Crippen LogP contribution < -0.4 is 5.32 Å². The van der Waals surface area contributed by atoms with E-state index in [1.165, 1.54) is 6.07 Å². The molecule has 0 saturated heterocycles. The zero-order valence-electron chi connectivity index (χ0n) is 7.37. The van der Waals surface area contributed by atoms with Gasteiger partial charge in [0.2, 0.25) is 0 Å². The Balaban J connectivity index is 3.25. The Labute approximate surface area is 80.7 Å². The zero-order chi connectivity index (χ0) is 10.0. The smallest absolute Gasteiger partial charge is 0.149 e. The summed E-state index contributed by atoms with van der Waals surface area (Å²) in [6.45, 7) is 1.66. The number of halogens is 3. The van der Waals surface area contributed by atoms with Crippen molar-refractivity contribution in [3.63, 3.8) is 0 Å². The maximum Gasteiger partial charge on any atom is 0.149 e. The standard InChI is InChI=1S/C9H10ClF2N/c1-5(13-2)8-7(11)4-3-6(10)9(8)12/h3-5,13H,1-2H3/t5-/m0/s1. The predicted octanol–water partition coefficient (Wildman–Crippen LogP) is 2.90. The lowest BCUT2D eigenvalue weighted by Crippen LogP contribution is -2.15. The Morgan fingerprint density at radius 3 is 2.54 bits per heavy atom. The van der Waals surface area contributed by atoms with Crippen molar-refractivity contribution in [2.75, 3.05) is 7.05 Å². The number of hydrogen-bond donors (Lipinski definition) is 1. The summed E-state index contributed by atoms with van der Waals surface area (Å²) in [4.78, 5) is 0. The van der Waals surface area contributed by atoms with Gasteiger partial charge in [-0.2, -0.15) is 0 Å². The Kier molecular flexibility index (Phi) is 3.22.